The average Bonchev–Trinajstić information content (AvgIpc) is 3.20. The Kier molecular flexibility index (Phi) is 4.84. The van der Waals surface area contributed by atoms with Crippen LogP contribution in [0.5, 0.6) is 0 Å². The third-order valence-electron chi connectivity index (χ3n) is 7.83. The van der Waals surface area contributed by atoms with Crippen LogP contribution in [0.25, 0.3) is 39.1 Å². The average molecular weight is 574 g/mol. The van der Waals surface area contributed by atoms with Gasteiger partial charge in [-0.15, -0.1) is 5.10 Å². The number of pyridine rings is 1. The molecule has 13 heteroatoms. The topological polar surface area (TPSA) is 136 Å². The van der Waals surface area contributed by atoms with E-state index in [4.69, 9.17) is 28.9 Å². The van der Waals surface area contributed by atoms with Crippen molar-refractivity contribution >= 4 is 39.9 Å². The fourth-order valence-electron chi connectivity index (χ4n) is 5.96. The van der Waals surface area contributed by atoms with Gasteiger partial charge in [0.25, 0.3) is 5.56 Å². The number of rotatable bonds is 4. The number of nitrogens with two attached hydrogens (primary N) is 1. The predicted octanol–water partition coefficient (Wildman–Crippen LogP) is 5.10. The van der Waals surface area contributed by atoms with Crippen LogP contribution in [0.1, 0.15) is 29.8 Å². The zero-order chi connectivity index (χ0) is 27.3. The summed E-state index contributed by atoms with van der Waals surface area (Å²) in [6, 6.07) is 13.8. The molecule has 1 fully saturated rings. The van der Waals surface area contributed by atoms with Crippen LogP contribution in [-0.4, -0.2) is 39.7 Å². The highest BCUT2D eigenvalue weighted by atomic mass is 35.5. The summed E-state index contributed by atoms with van der Waals surface area (Å²) in [5.41, 5.74) is 10.2. The van der Waals surface area contributed by atoms with E-state index in [0.29, 0.717) is 44.7 Å². The highest BCUT2D eigenvalue weighted by molar-refractivity contribution is 6.31. The van der Waals surface area contributed by atoms with Gasteiger partial charge in [-0.05, 0) is 54.3 Å². The number of aromatic amines is 2. The fraction of sp³-hybridized carbons (Fsp3) is 0.148. The highest BCUT2D eigenvalue weighted by Crippen LogP contribution is 2.61. The quantitative estimate of drug-likeness (QED) is 0.268. The Morgan fingerprint density at radius 1 is 1.07 bits per heavy atom. The Labute approximate surface area is 234 Å². The van der Waals surface area contributed by atoms with Gasteiger partial charge in [0.15, 0.2) is 11.0 Å². The molecule has 1 aliphatic carbocycles. The number of aromatic nitrogens is 8. The number of benzene rings is 2. The fourth-order valence-corrected chi connectivity index (χ4v) is 6.26. The molecule has 0 spiro atoms. The lowest BCUT2D eigenvalue weighted by Crippen LogP contribution is -2.26. The number of imidazole rings is 1. The van der Waals surface area contributed by atoms with Crippen LogP contribution in [-0.2, 0) is 0 Å². The molecule has 3 atom stereocenters. The maximum Gasteiger partial charge on any atom is 0.251 e. The molecule has 4 aromatic heterocycles. The number of fused-ring (bicyclic) bond motifs is 4. The van der Waals surface area contributed by atoms with Gasteiger partial charge >= 0.3 is 0 Å². The Balaban J connectivity index is 1.21. The second-order valence-corrected chi connectivity index (χ2v) is 11.0. The molecule has 0 bridgehead atoms. The number of nitrogen functional groups attached to an aromatic ring is 1. The Hall–Kier alpha value is -4.48. The SMILES string of the molecule is Nc1n[nH]c2cc(-c3nc(F)c(C4C5CC5c5cc(-c6cc(Cl)ccc6-n6cc(Cl)nn6)cc(=O)n54)[nH]3)ccc12. The molecule has 5 heterocycles. The zero-order valence-corrected chi connectivity index (χ0v) is 21.9. The molecule has 4 N–H and O–H groups in total. The largest absolute Gasteiger partial charge is 0.382 e. The number of H-pyrrole nitrogens is 2. The summed E-state index contributed by atoms with van der Waals surface area (Å²) in [6.07, 6.45) is 2.43. The zero-order valence-electron chi connectivity index (χ0n) is 20.4. The van der Waals surface area contributed by atoms with E-state index >= 15 is 4.39 Å². The van der Waals surface area contributed by atoms with Crippen LogP contribution < -0.4 is 11.3 Å². The molecule has 3 unspecified atom stereocenters. The molecule has 0 radical (unpaired) electrons. The Morgan fingerprint density at radius 3 is 2.77 bits per heavy atom. The van der Waals surface area contributed by atoms with Crippen LogP contribution >= 0.6 is 23.2 Å². The molecule has 198 valence electrons. The molecule has 1 saturated carbocycles. The standard InChI is InChI=1S/C27H18Cl2FN9O/c28-13-2-4-19(38-10-21(29)35-37-38)15(8-13)12-6-20-16-9-17(16)24(39(20)22(40)7-12)23-25(30)33-27(32-23)11-1-3-14-18(5-11)34-36-26(14)31/h1-8,10,16-17,24H,9H2,(H,32,33)(H3,31,34,36). The molecule has 2 aliphatic rings. The van der Waals surface area contributed by atoms with Crippen LogP contribution in [0, 0.1) is 11.9 Å². The molecular weight excluding hydrogens is 556 g/mol. The van der Waals surface area contributed by atoms with E-state index in [0.717, 1.165) is 23.0 Å². The van der Waals surface area contributed by atoms with E-state index in [9.17, 15) is 4.79 Å². The maximum absolute atomic E-state index is 15.4. The van der Waals surface area contributed by atoms with Crippen molar-refractivity contribution in [3.63, 3.8) is 0 Å². The Morgan fingerprint density at radius 2 is 1.95 bits per heavy atom. The van der Waals surface area contributed by atoms with Crippen molar-refractivity contribution in [3.8, 4) is 28.2 Å². The molecule has 40 heavy (non-hydrogen) atoms. The monoisotopic (exact) mass is 573 g/mol. The number of hydrogen-bond donors (Lipinski definition) is 3. The molecule has 1 aliphatic heterocycles. The summed E-state index contributed by atoms with van der Waals surface area (Å²) in [5, 5.41) is 16.3. The molecule has 6 aromatic rings. The molecular formula is C27H18Cl2FN9O. The van der Waals surface area contributed by atoms with E-state index in [1.165, 1.54) is 4.68 Å². The van der Waals surface area contributed by atoms with Gasteiger partial charge in [0.1, 0.15) is 5.82 Å². The summed E-state index contributed by atoms with van der Waals surface area (Å²) in [5.74, 6) is 0.362. The maximum atomic E-state index is 15.4. The summed E-state index contributed by atoms with van der Waals surface area (Å²) >= 11 is 12.3. The minimum absolute atomic E-state index is 0.0913. The first-order chi connectivity index (χ1) is 19.4. The van der Waals surface area contributed by atoms with Gasteiger partial charge in [-0.25, -0.2) is 9.67 Å². The normalized spacial score (nSPS) is 19.2. The molecule has 0 amide bonds. The van der Waals surface area contributed by atoms with Gasteiger partial charge in [0.2, 0.25) is 5.95 Å². The van der Waals surface area contributed by atoms with Crippen molar-refractivity contribution in [1.82, 2.24) is 39.7 Å². The third-order valence-corrected chi connectivity index (χ3v) is 8.24. The van der Waals surface area contributed by atoms with Crippen molar-refractivity contribution in [2.45, 2.75) is 18.4 Å². The number of anilines is 1. The van der Waals surface area contributed by atoms with Gasteiger partial charge in [-0.1, -0.05) is 34.5 Å². The van der Waals surface area contributed by atoms with Crippen LogP contribution in [0.2, 0.25) is 10.2 Å². The van der Waals surface area contributed by atoms with Crippen molar-refractivity contribution in [2.75, 3.05) is 5.73 Å². The van der Waals surface area contributed by atoms with E-state index in [-0.39, 0.29) is 22.5 Å². The van der Waals surface area contributed by atoms with Crippen molar-refractivity contribution in [2.24, 2.45) is 5.92 Å². The lowest BCUT2D eigenvalue weighted by Gasteiger charge is -2.18. The summed E-state index contributed by atoms with van der Waals surface area (Å²) in [6.45, 7) is 0. The lowest BCUT2D eigenvalue weighted by atomic mass is 10.0. The summed E-state index contributed by atoms with van der Waals surface area (Å²) < 4.78 is 18.6. The van der Waals surface area contributed by atoms with Crippen LogP contribution in [0.15, 0.2) is 59.5 Å². The lowest BCUT2D eigenvalue weighted by molar-refractivity contribution is 0.482. The van der Waals surface area contributed by atoms with E-state index in [1.54, 1.807) is 35.0 Å². The summed E-state index contributed by atoms with van der Waals surface area (Å²) in [7, 11) is 0. The van der Waals surface area contributed by atoms with Crippen molar-refractivity contribution < 1.29 is 4.39 Å². The molecule has 10 nitrogen and oxygen atoms in total. The minimum Gasteiger partial charge on any atom is -0.382 e. The highest BCUT2D eigenvalue weighted by Gasteiger charge is 2.54. The number of nitrogens with one attached hydrogen (secondary N) is 2. The van der Waals surface area contributed by atoms with Crippen molar-refractivity contribution in [1.29, 1.82) is 0 Å². The van der Waals surface area contributed by atoms with Gasteiger partial charge in [-0.2, -0.15) is 9.49 Å². The second kappa shape index (κ2) is 8.26. The van der Waals surface area contributed by atoms with E-state index in [1.807, 2.05) is 24.3 Å². The first kappa shape index (κ1) is 23.4. The number of hydrogen-bond acceptors (Lipinski definition) is 6. The first-order valence-corrected chi connectivity index (χ1v) is 13.3. The Bertz CT molecular complexity index is 2060. The molecule has 8 rings (SSSR count). The third kappa shape index (κ3) is 3.44. The van der Waals surface area contributed by atoms with Gasteiger partial charge in [0, 0.05) is 39.2 Å². The number of halogens is 3. The second-order valence-electron chi connectivity index (χ2n) is 10.1. The summed E-state index contributed by atoms with van der Waals surface area (Å²) in [4.78, 5) is 21.0. The van der Waals surface area contributed by atoms with Gasteiger partial charge < -0.3 is 15.3 Å². The first-order valence-electron chi connectivity index (χ1n) is 12.5. The van der Waals surface area contributed by atoms with Crippen LogP contribution in [0.4, 0.5) is 10.2 Å². The van der Waals surface area contributed by atoms with Crippen LogP contribution in [0.3, 0.4) is 0 Å². The van der Waals surface area contributed by atoms with Crippen molar-refractivity contribution in [3.05, 3.63) is 92.6 Å². The number of nitrogens with zero attached hydrogens (tertiary/aromatic N) is 6. The molecule has 2 aromatic carbocycles. The van der Waals surface area contributed by atoms with E-state index in [2.05, 4.69) is 30.5 Å². The minimum atomic E-state index is -0.626. The smallest absolute Gasteiger partial charge is 0.251 e. The van der Waals surface area contributed by atoms with Gasteiger partial charge in [0.05, 0.1) is 29.1 Å². The molecule has 0 saturated heterocycles. The van der Waals surface area contributed by atoms with Gasteiger partial charge in [-0.3, -0.25) is 9.89 Å². The predicted molar refractivity (Wildman–Crippen MR) is 148 cm³/mol. The van der Waals surface area contributed by atoms with E-state index < -0.39 is 12.0 Å².